The Morgan fingerprint density at radius 3 is 2.30 bits per heavy atom. The van der Waals surface area contributed by atoms with Crippen molar-refractivity contribution in [3.05, 3.63) is 41.0 Å². The minimum Gasteiger partial charge on any atom is -0.444 e. The molecule has 3 rings (SSSR count). The van der Waals surface area contributed by atoms with Crippen molar-refractivity contribution in [2.45, 2.75) is 117 Å². The van der Waals surface area contributed by atoms with E-state index in [1.807, 2.05) is 64.4 Å². The molecule has 4 unspecified atom stereocenters. The smallest absolute Gasteiger partial charge is 0.407 e. The summed E-state index contributed by atoms with van der Waals surface area (Å²) in [4.78, 5) is 58.8. The van der Waals surface area contributed by atoms with Crippen molar-refractivity contribution in [3.8, 4) is 10.4 Å². The molecule has 0 aliphatic carbocycles. The number of hydrogen-bond donors (Lipinski definition) is 4. The summed E-state index contributed by atoms with van der Waals surface area (Å²) >= 11 is 1.58. The number of carbonyl (C=O) groups is 4. The van der Waals surface area contributed by atoms with Gasteiger partial charge in [-0.3, -0.25) is 14.4 Å². The molecular formula is C34H51N5O6S. The summed E-state index contributed by atoms with van der Waals surface area (Å²) in [6.45, 7) is 15.3. The lowest BCUT2D eigenvalue weighted by atomic mass is 9.85. The van der Waals surface area contributed by atoms with E-state index in [1.54, 1.807) is 32.1 Å². The predicted molar refractivity (Wildman–Crippen MR) is 179 cm³/mol. The Morgan fingerprint density at radius 1 is 1.04 bits per heavy atom. The van der Waals surface area contributed by atoms with Gasteiger partial charge in [0.05, 0.1) is 28.2 Å². The molecule has 1 aromatic carbocycles. The van der Waals surface area contributed by atoms with Crippen LogP contribution in [0.1, 0.15) is 97.9 Å². The highest BCUT2D eigenvalue weighted by molar-refractivity contribution is 7.13. The van der Waals surface area contributed by atoms with E-state index in [1.165, 1.54) is 4.90 Å². The number of nitrogens with one attached hydrogen (secondary N) is 3. The number of β-amino-alcohol motifs (C(OH)–C–C–N with tert-alkyl or cyclic N) is 1. The zero-order chi connectivity index (χ0) is 34.2. The summed E-state index contributed by atoms with van der Waals surface area (Å²) in [7, 11) is 0. The number of rotatable bonds is 12. The molecule has 1 saturated heterocycles. The van der Waals surface area contributed by atoms with E-state index in [2.05, 4.69) is 20.9 Å². The van der Waals surface area contributed by atoms with Gasteiger partial charge < -0.3 is 30.7 Å². The van der Waals surface area contributed by atoms with Gasteiger partial charge in [0.1, 0.15) is 17.7 Å². The Hall–Kier alpha value is -3.51. The lowest BCUT2D eigenvalue weighted by molar-refractivity contribution is -0.144. The maximum Gasteiger partial charge on any atom is 0.407 e. The van der Waals surface area contributed by atoms with E-state index in [9.17, 15) is 24.3 Å². The fraction of sp³-hybridized carbons (Fsp3) is 0.618. The molecule has 0 radical (unpaired) electrons. The molecule has 0 spiro atoms. The van der Waals surface area contributed by atoms with Gasteiger partial charge in [0.2, 0.25) is 17.7 Å². The van der Waals surface area contributed by atoms with Crippen molar-refractivity contribution in [2.24, 2.45) is 5.41 Å². The van der Waals surface area contributed by atoms with E-state index in [4.69, 9.17) is 4.74 Å². The number of thiazole rings is 1. The van der Waals surface area contributed by atoms with Gasteiger partial charge in [0.25, 0.3) is 0 Å². The van der Waals surface area contributed by atoms with E-state index in [0.717, 1.165) is 21.7 Å². The number of likely N-dealkylation sites (tertiary alicyclic amines) is 1. The summed E-state index contributed by atoms with van der Waals surface area (Å²) in [6, 6.07) is 5.88. The maximum absolute atomic E-state index is 13.9. The second-order valence-electron chi connectivity index (χ2n) is 14.1. The third-order valence-corrected chi connectivity index (χ3v) is 8.79. The Bertz CT molecular complexity index is 1350. The number of hydrogen-bond acceptors (Lipinski definition) is 8. The average Bonchev–Trinajstić information content (AvgIpc) is 3.57. The Morgan fingerprint density at radius 2 is 1.72 bits per heavy atom. The van der Waals surface area contributed by atoms with Gasteiger partial charge >= 0.3 is 6.09 Å². The van der Waals surface area contributed by atoms with Crippen LogP contribution in [0, 0.1) is 12.3 Å². The number of alkyl carbamates (subject to hydrolysis) is 1. The molecule has 1 aliphatic rings. The first-order valence-corrected chi connectivity index (χ1v) is 16.9. The van der Waals surface area contributed by atoms with Crippen LogP contribution in [-0.2, 0) is 19.1 Å². The molecule has 1 aliphatic heterocycles. The minimum absolute atomic E-state index is 0.0152. The molecule has 2 heterocycles. The van der Waals surface area contributed by atoms with Crippen molar-refractivity contribution >= 4 is 35.2 Å². The number of aliphatic hydroxyl groups is 1. The second-order valence-corrected chi connectivity index (χ2v) is 15.0. The van der Waals surface area contributed by atoms with Crippen LogP contribution in [0.15, 0.2) is 29.8 Å². The lowest BCUT2D eigenvalue weighted by Crippen LogP contribution is -2.57. The summed E-state index contributed by atoms with van der Waals surface area (Å²) in [5.74, 6) is -1.01. The molecule has 12 heteroatoms. The molecular weight excluding hydrogens is 606 g/mol. The number of aromatic nitrogens is 1. The normalized spacial score (nSPS) is 18.1. The Kier molecular flexibility index (Phi) is 12.7. The zero-order valence-corrected chi connectivity index (χ0v) is 29.3. The molecule has 1 fully saturated rings. The summed E-state index contributed by atoms with van der Waals surface area (Å²) in [5, 5.41) is 19.1. The summed E-state index contributed by atoms with van der Waals surface area (Å²) < 4.78 is 5.22. The van der Waals surface area contributed by atoms with Gasteiger partial charge in [0, 0.05) is 25.9 Å². The highest BCUT2D eigenvalue weighted by atomic mass is 32.1. The number of benzene rings is 1. The maximum atomic E-state index is 13.9. The van der Waals surface area contributed by atoms with Gasteiger partial charge in [-0.1, -0.05) is 51.5 Å². The van der Waals surface area contributed by atoms with Crippen LogP contribution in [0.3, 0.4) is 0 Å². The number of amides is 4. The minimum atomic E-state index is -0.880. The van der Waals surface area contributed by atoms with Crippen LogP contribution in [-0.4, -0.2) is 75.7 Å². The first kappa shape index (κ1) is 37.0. The van der Waals surface area contributed by atoms with Crippen LogP contribution in [0.25, 0.3) is 10.4 Å². The van der Waals surface area contributed by atoms with Crippen LogP contribution < -0.4 is 16.0 Å². The number of ether oxygens (including phenoxy) is 1. The van der Waals surface area contributed by atoms with Crippen LogP contribution >= 0.6 is 11.3 Å². The van der Waals surface area contributed by atoms with Crippen LogP contribution in [0.5, 0.6) is 0 Å². The van der Waals surface area contributed by atoms with Gasteiger partial charge in [-0.25, -0.2) is 9.78 Å². The first-order valence-electron chi connectivity index (χ1n) is 16.0. The van der Waals surface area contributed by atoms with Gasteiger partial charge in [-0.05, 0) is 64.0 Å². The van der Waals surface area contributed by atoms with Crippen molar-refractivity contribution in [1.82, 2.24) is 25.8 Å². The van der Waals surface area contributed by atoms with Crippen LogP contribution in [0.4, 0.5) is 4.79 Å². The van der Waals surface area contributed by atoms with Gasteiger partial charge in [-0.2, -0.15) is 0 Å². The van der Waals surface area contributed by atoms with Gasteiger partial charge in [-0.15, -0.1) is 11.3 Å². The standard InChI is InChI=1S/C34H51N5O6S/c1-21(23-13-15-24(16-14-23)28-22(2)36-20-46-28)37-30(42)26-18-25(40)19-39(26)31(43)29(33(3,4)5)38-27(41)12-10-9-11-17-35-32(44)45-34(6,7)8/h13-16,20-21,25-26,29,40H,9-12,17-19H2,1-8H3,(H,35,44)(H,37,42)(H,38,41). The summed E-state index contributed by atoms with van der Waals surface area (Å²) in [6.07, 6.45) is 1.01. The molecule has 0 saturated carbocycles. The average molecular weight is 658 g/mol. The molecule has 4 amide bonds. The second kappa shape index (κ2) is 15.9. The number of carbonyl (C=O) groups excluding carboxylic acids is 4. The number of unbranched alkanes of at least 4 members (excludes halogenated alkanes) is 2. The largest absolute Gasteiger partial charge is 0.444 e. The summed E-state index contributed by atoms with van der Waals surface area (Å²) in [5.41, 5.74) is 3.56. The topological polar surface area (TPSA) is 150 Å². The highest BCUT2D eigenvalue weighted by Crippen LogP contribution is 2.29. The molecule has 11 nitrogen and oxygen atoms in total. The van der Waals surface area contributed by atoms with E-state index >= 15 is 0 Å². The lowest BCUT2D eigenvalue weighted by Gasteiger charge is -2.35. The molecule has 2 aromatic rings. The van der Waals surface area contributed by atoms with E-state index in [0.29, 0.717) is 25.8 Å². The fourth-order valence-corrected chi connectivity index (χ4v) is 6.15. The predicted octanol–water partition coefficient (Wildman–Crippen LogP) is 4.87. The highest BCUT2D eigenvalue weighted by Gasteiger charge is 2.44. The van der Waals surface area contributed by atoms with Crippen molar-refractivity contribution in [3.63, 3.8) is 0 Å². The van der Waals surface area contributed by atoms with Crippen LogP contribution in [0.2, 0.25) is 0 Å². The molecule has 4 N–H and O–H groups in total. The SMILES string of the molecule is Cc1ncsc1-c1ccc(C(C)NC(=O)C2CC(O)CN2C(=O)C(NC(=O)CCCCCNC(=O)OC(C)(C)C)C(C)(C)C)cc1. The fourth-order valence-electron chi connectivity index (χ4n) is 5.34. The third-order valence-electron chi connectivity index (χ3n) is 7.81. The molecule has 1 aromatic heterocycles. The van der Waals surface area contributed by atoms with Gasteiger partial charge in [0.15, 0.2) is 0 Å². The molecule has 0 bridgehead atoms. The number of aliphatic hydroxyl groups excluding tert-OH is 1. The monoisotopic (exact) mass is 657 g/mol. The molecule has 46 heavy (non-hydrogen) atoms. The number of aryl methyl sites for hydroxylation is 1. The van der Waals surface area contributed by atoms with Crippen molar-refractivity contribution in [1.29, 1.82) is 0 Å². The van der Waals surface area contributed by atoms with Crippen molar-refractivity contribution in [2.75, 3.05) is 13.1 Å². The Balaban J connectivity index is 1.55. The Labute approximate surface area is 276 Å². The van der Waals surface area contributed by atoms with E-state index in [-0.39, 0.29) is 37.2 Å². The zero-order valence-electron chi connectivity index (χ0n) is 28.4. The first-order chi connectivity index (χ1) is 21.5. The van der Waals surface area contributed by atoms with E-state index < -0.39 is 41.2 Å². The number of nitrogens with zero attached hydrogens (tertiary/aromatic N) is 2. The quantitative estimate of drug-likeness (QED) is 0.238. The van der Waals surface area contributed by atoms with Crippen molar-refractivity contribution < 1.29 is 29.0 Å². The molecule has 4 atom stereocenters. The third kappa shape index (κ3) is 10.8. The molecule has 254 valence electrons.